The zero-order chi connectivity index (χ0) is 17.3. The predicted molar refractivity (Wildman–Crippen MR) is 98.2 cm³/mol. The van der Waals surface area contributed by atoms with Gasteiger partial charge < -0.3 is 4.90 Å². The van der Waals surface area contributed by atoms with Gasteiger partial charge in [0.15, 0.2) is 0 Å². The van der Waals surface area contributed by atoms with Crippen molar-refractivity contribution < 1.29 is 8.42 Å². The van der Waals surface area contributed by atoms with Gasteiger partial charge >= 0.3 is 0 Å². The van der Waals surface area contributed by atoms with E-state index in [0.717, 1.165) is 43.7 Å². The number of nitrogens with zero attached hydrogens (tertiary/aromatic N) is 2. The summed E-state index contributed by atoms with van der Waals surface area (Å²) in [6.45, 7) is 2.33. The second-order valence-electron chi connectivity index (χ2n) is 6.83. The summed E-state index contributed by atoms with van der Waals surface area (Å²) in [7, 11) is -3.50. The van der Waals surface area contributed by atoms with E-state index < -0.39 is 10.0 Å². The number of fused-ring (bicyclic) bond motifs is 1. The Morgan fingerprint density at radius 1 is 1.00 bits per heavy atom. The van der Waals surface area contributed by atoms with E-state index in [9.17, 15) is 8.42 Å². The lowest BCUT2D eigenvalue weighted by atomic mass is 10.1. The molecule has 0 spiro atoms. The van der Waals surface area contributed by atoms with E-state index >= 15 is 0 Å². The average Bonchev–Trinajstić information content (AvgIpc) is 3.31. The lowest BCUT2D eigenvalue weighted by Crippen LogP contribution is -2.24. The van der Waals surface area contributed by atoms with Crippen molar-refractivity contribution in [3.05, 3.63) is 53.2 Å². The molecule has 5 nitrogen and oxygen atoms in total. The predicted octanol–water partition coefficient (Wildman–Crippen LogP) is 2.65. The van der Waals surface area contributed by atoms with Gasteiger partial charge in [-0.15, -0.1) is 0 Å². The molecule has 2 aliphatic rings. The SMILES string of the molecule is O=S(=O)(NCc1ccnc(N2CCCC2)c1)c1ccc2c(c1)CCC2. The Morgan fingerprint density at radius 3 is 2.64 bits per heavy atom. The van der Waals surface area contributed by atoms with E-state index in [2.05, 4.69) is 14.6 Å². The van der Waals surface area contributed by atoms with Crippen molar-refractivity contribution in [2.24, 2.45) is 0 Å². The van der Waals surface area contributed by atoms with Gasteiger partial charge in [-0.2, -0.15) is 0 Å². The lowest BCUT2D eigenvalue weighted by Gasteiger charge is -2.17. The number of anilines is 1. The van der Waals surface area contributed by atoms with Crippen LogP contribution in [-0.4, -0.2) is 26.5 Å². The summed E-state index contributed by atoms with van der Waals surface area (Å²) in [4.78, 5) is 7.02. The molecule has 2 aromatic rings. The zero-order valence-corrected chi connectivity index (χ0v) is 15.1. The highest BCUT2D eigenvalue weighted by Crippen LogP contribution is 2.25. The normalized spacial score (nSPS) is 17.0. The zero-order valence-electron chi connectivity index (χ0n) is 14.2. The molecule has 1 aliphatic carbocycles. The number of aromatic nitrogens is 1. The molecule has 132 valence electrons. The maximum atomic E-state index is 12.6. The molecular weight excluding hydrogens is 334 g/mol. The fourth-order valence-corrected chi connectivity index (χ4v) is 4.73. The molecule has 0 saturated carbocycles. The van der Waals surface area contributed by atoms with Crippen LogP contribution in [-0.2, 0) is 29.4 Å². The van der Waals surface area contributed by atoms with E-state index in [4.69, 9.17) is 0 Å². The third kappa shape index (κ3) is 3.55. The first-order chi connectivity index (χ1) is 12.1. The number of nitrogens with one attached hydrogen (secondary N) is 1. The van der Waals surface area contributed by atoms with Gasteiger partial charge in [0.05, 0.1) is 4.90 Å². The Bertz CT molecular complexity index is 874. The minimum Gasteiger partial charge on any atom is -0.357 e. The average molecular weight is 357 g/mol. The van der Waals surface area contributed by atoms with Gasteiger partial charge in [0, 0.05) is 25.8 Å². The van der Waals surface area contributed by atoms with Crippen LogP contribution < -0.4 is 9.62 Å². The largest absolute Gasteiger partial charge is 0.357 e. The molecule has 1 N–H and O–H groups in total. The van der Waals surface area contributed by atoms with Gasteiger partial charge in [-0.25, -0.2) is 18.1 Å². The van der Waals surface area contributed by atoms with Crippen molar-refractivity contribution in [1.29, 1.82) is 0 Å². The molecule has 6 heteroatoms. The van der Waals surface area contributed by atoms with Gasteiger partial charge in [0.1, 0.15) is 5.82 Å². The van der Waals surface area contributed by atoms with Crippen LogP contribution in [0.25, 0.3) is 0 Å². The highest BCUT2D eigenvalue weighted by Gasteiger charge is 2.19. The Labute approximate surface area is 149 Å². The number of pyridine rings is 1. The van der Waals surface area contributed by atoms with Gasteiger partial charge in [-0.05, 0) is 73.1 Å². The minimum atomic E-state index is -3.50. The van der Waals surface area contributed by atoms with E-state index in [1.165, 1.54) is 24.0 Å². The molecule has 1 saturated heterocycles. The second kappa shape index (κ2) is 6.77. The van der Waals surface area contributed by atoms with E-state index in [1.807, 2.05) is 24.3 Å². The number of benzene rings is 1. The molecule has 0 bridgehead atoms. The van der Waals surface area contributed by atoms with Crippen LogP contribution in [0.5, 0.6) is 0 Å². The van der Waals surface area contributed by atoms with Gasteiger partial charge in [-0.3, -0.25) is 0 Å². The molecule has 2 heterocycles. The molecule has 0 amide bonds. The number of aryl methyl sites for hydroxylation is 2. The summed E-state index contributed by atoms with van der Waals surface area (Å²) in [5, 5.41) is 0. The van der Waals surface area contributed by atoms with Crippen molar-refractivity contribution in [2.45, 2.75) is 43.5 Å². The third-order valence-electron chi connectivity index (χ3n) is 5.09. The standard InChI is InChI=1S/C19H23N3O2S/c23-25(24,18-7-6-16-4-3-5-17(16)13-18)21-14-15-8-9-20-19(12-15)22-10-1-2-11-22/h6-9,12-13,21H,1-5,10-11,14H2. The second-order valence-corrected chi connectivity index (χ2v) is 8.59. The Hall–Kier alpha value is -1.92. The molecule has 0 radical (unpaired) electrons. The molecule has 4 rings (SSSR count). The third-order valence-corrected chi connectivity index (χ3v) is 6.49. The highest BCUT2D eigenvalue weighted by molar-refractivity contribution is 7.89. The lowest BCUT2D eigenvalue weighted by molar-refractivity contribution is 0.581. The van der Waals surface area contributed by atoms with Crippen LogP contribution in [0.2, 0.25) is 0 Å². The first kappa shape index (κ1) is 16.5. The molecule has 1 aliphatic heterocycles. The Kier molecular flexibility index (Phi) is 4.48. The highest BCUT2D eigenvalue weighted by atomic mass is 32.2. The van der Waals surface area contributed by atoms with Crippen molar-refractivity contribution >= 4 is 15.8 Å². The minimum absolute atomic E-state index is 0.281. The summed E-state index contributed by atoms with van der Waals surface area (Å²) in [5.74, 6) is 0.937. The first-order valence-corrected chi connectivity index (χ1v) is 10.4. The van der Waals surface area contributed by atoms with Gasteiger partial charge in [0.2, 0.25) is 10.0 Å². The fourth-order valence-electron chi connectivity index (χ4n) is 3.67. The van der Waals surface area contributed by atoms with Crippen LogP contribution in [0.15, 0.2) is 41.4 Å². The Balaban J connectivity index is 1.47. The van der Waals surface area contributed by atoms with Crippen molar-refractivity contribution in [1.82, 2.24) is 9.71 Å². The van der Waals surface area contributed by atoms with Crippen LogP contribution in [0.3, 0.4) is 0 Å². The molecule has 0 unspecified atom stereocenters. The monoisotopic (exact) mass is 357 g/mol. The molecule has 1 fully saturated rings. The maximum Gasteiger partial charge on any atom is 0.240 e. The van der Waals surface area contributed by atoms with E-state index in [-0.39, 0.29) is 6.54 Å². The van der Waals surface area contributed by atoms with Crippen LogP contribution >= 0.6 is 0 Å². The van der Waals surface area contributed by atoms with Gasteiger partial charge in [-0.1, -0.05) is 6.07 Å². The quantitative estimate of drug-likeness (QED) is 0.894. The van der Waals surface area contributed by atoms with Crippen molar-refractivity contribution in [3.8, 4) is 0 Å². The summed E-state index contributed by atoms with van der Waals surface area (Å²) in [6.07, 6.45) is 7.28. The van der Waals surface area contributed by atoms with Gasteiger partial charge in [0.25, 0.3) is 0 Å². The number of rotatable bonds is 5. The molecule has 1 aromatic carbocycles. The van der Waals surface area contributed by atoms with E-state index in [0.29, 0.717) is 4.90 Å². The number of sulfonamides is 1. The first-order valence-electron chi connectivity index (χ1n) is 8.93. The number of hydrogen-bond acceptors (Lipinski definition) is 4. The topological polar surface area (TPSA) is 62.3 Å². The van der Waals surface area contributed by atoms with Crippen molar-refractivity contribution in [2.75, 3.05) is 18.0 Å². The summed E-state index contributed by atoms with van der Waals surface area (Å²) in [5.41, 5.74) is 3.38. The molecular formula is C19H23N3O2S. The summed E-state index contributed by atoms with van der Waals surface area (Å²) in [6, 6.07) is 9.34. The fraction of sp³-hybridized carbons (Fsp3) is 0.421. The van der Waals surface area contributed by atoms with Crippen LogP contribution in [0.1, 0.15) is 36.0 Å². The number of hydrogen-bond donors (Lipinski definition) is 1. The molecule has 0 atom stereocenters. The molecule has 1 aromatic heterocycles. The van der Waals surface area contributed by atoms with Crippen molar-refractivity contribution in [3.63, 3.8) is 0 Å². The summed E-state index contributed by atoms with van der Waals surface area (Å²) < 4.78 is 27.9. The molecule has 25 heavy (non-hydrogen) atoms. The van der Waals surface area contributed by atoms with Crippen LogP contribution in [0, 0.1) is 0 Å². The van der Waals surface area contributed by atoms with Crippen LogP contribution in [0.4, 0.5) is 5.82 Å². The maximum absolute atomic E-state index is 12.6. The summed E-state index contributed by atoms with van der Waals surface area (Å²) >= 11 is 0. The smallest absolute Gasteiger partial charge is 0.240 e. The van der Waals surface area contributed by atoms with E-state index in [1.54, 1.807) is 12.3 Å². The Morgan fingerprint density at radius 2 is 1.80 bits per heavy atom.